The molecule has 0 amide bonds. The number of para-hydroxylation sites is 1. The number of aromatic nitrogens is 2. The molecule has 0 bridgehead atoms. The van der Waals surface area contributed by atoms with E-state index in [0.29, 0.717) is 34.8 Å². The van der Waals surface area contributed by atoms with Gasteiger partial charge < -0.3 is 18.3 Å². The molecule has 2 aromatic heterocycles. The Balaban J connectivity index is 1.26. The fourth-order valence-electron chi connectivity index (χ4n) is 2.70. The first-order valence-corrected chi connectivity index (χ1v) is 9.96. The summed E-state index contributed by atoms with van der Waals surface area (Å²) in [5.41, 5.74) is 1.02. The number of nitrogens with zero attached hydrogens (tertiary/aromatic N) is 2. The van der Waals surface area contributed by atoms with Crippen LogP contribution in [0.3, 0.4) is 0 Å². The van der Waals surface area contributed by atoms with Crippen molar-refractivity contribution >= 4 is 22.7 Å². The maximum atomic E-state index is 11.5. The number of rotatable bonds is 8. The smallest absolute Gasteiger partial charge is 0.336 e. The van der Waals surface area contributed by atoms with Crippen LogP contribution in [0.2, 0.25) is 0 Å². The first kappa shape index (κ1) is 19.1. The Morgan fingerprint density at radius 3 is 2.69 bits per heavy atom. The van der Waals surface area contributed by atoms with E-state index in [0.717, 1.165) is 16.7 Å². The second kappa shape index (κ2) is 8.83. The topological polar surface area (TPSA) is 87.6 Å². The third-order valence-electron chi connectivity index (χ3n) is 4.05. The van der Waals surface area contributed by atoms with Gasteiger partial charge in [0, 0.05) is 23.3 Å². The van der Waals surface area contributed by atoms with Crippen molar-refractivity contribution < 1.29 is 18.3 Å². The number of hydrogen-bond donors (Lipinski definition) is 0. The first-order valence-electron chi connectivity index (χ1n) is 8.98. The third-order valence-corrected chi connectivity index (χ3v) is 4.84. The fourth-order valence-corrected chi connectivity index (χ4v) is 3.30. The molecule has 0 saturated heterocycles. The molecule has 4 rings (SSSR count). The van der Waals surface area contributed by atoms with E-state index >= 15 is 0 Å². The molecule has 8 heteroatoms. The number of fused-ring (bicyclic) bond motifs is 1. The van der Waals surface area contributed by atoms with E-state index in [1.54, 1.807) is 6.07 Å². The van der Waals surface area contributed by atoms with Crippen LogP contribution in [-0.2, 0) is 6.61 Å². The number of hydrogen-bond acceptors (Lipinski definition) is 8. The quantitative estimate of drug-likeness (QED) is 0.242. The van der Waals surface area contributed by atoms with Crippen molar-refractivity contribution in [3.8, 4) is 11.5 Å². The number of aryl methyl sites for hydroxylation is 1. The van der Waals surface area contributed by atoms with E-state index in [2.05, 4.69) is 10.2 Å². The highest BCUT2D eigenvalue weighted by molar-refractivity contribution is 7.99. The molecule has 0 radical (unpaired) electrons. The normalized spacial score (nSPS) is 10.9. The van der Waals surface area contributed by atoms with Crippen molar-refractivity contribution in [2.45, 2.75) is 18.8 Å². The summed E-state index contributed by atoms with van der Waals surface area (Å²) in [6.45, 7) is 2.53. The van der Waals surface area contributed by atoms with Gasteiger partial charge in [-0.3, -0.25) is 0 Å². The SMILES string of the molecule is Cc1cc(=O)oc2cc(OCCSc3nnc(COc4ccccc4)o3)ccc12. The van der Waals surface area contributed by atoms with E-state index in [9.17, 15) is 4.79 Å². The van der Waals surface area contributed by atoms with Crippen molar-refractivity contribution in [2.24, 2.45) is 0 Å². The average Bonchev–Trinajstić information content (AvgIpc) is 3.18. The molecule has 0 spiro atoms. The summed E-state index contributed by atoms with van der Waals surface area (Å²) in [6, 6.07) is 16.4. The monoisotopic (exact) mass is 410 g/mol. The molecule has 2 heterocycles. The molecule has 0 aliphatic rings. The molecule has 148 valence electrons. The highest BCUT2D eigenvalue weighted by atomic mass is 32.2. The van der Waals surface area contributed by atoms with Crippen LogP contribution in [0.15, 0.2) is 73.4 Å². The summed E-state index contributed by atoms with van der Waals surface area (Å²) in [6.07, 6.45) is 0. The summed E-state index contributed by atoms with van der Waals surface area (Å²) >= 11 is 1.40. The van der Waals surface area contributed by atoms with Gasteiger partial charge in [0.1, 0.15) is 17.1 Å². The second-order valence-corrected chi connectivity index (χ2v) is 7.21. The molecule has 0 aliphatic carbocycles. The highest BCUT2D eigenvalue weighted by Gasteiger charge is 2.08. The Labute approximate surface area is 170 Å². The fraction of sp³-hybridized carbons (Fsp3) is 0.190. The van der Waals surface area contributed by atoms with Crippen molar-refractivity contribution in [1.29, 1.82) is 0 Å². The predicted molar refractivity (Wildman–Crippen MR) is 109 cm³/mol. The second-order valence-electron chi connectivity index (χ2n) is 6.17. The lowest BCUT2D eigenvalue weighted by Crippen LogP contribution is -2.01. The zero-order valence-electron chi connectivity index (χ0n) is 15.7. The van der Waals surface area contributed by atoms with Crippen molar-refractivity contribution in [3.05, 3.63) is 76.5 Å². The minimum atomic E-state index is -0.369. The summed E-state index contributed by atoms with van der Waals surface area (Å²) < 4.78 is 22.1. The molecule has 0 atom stereocenters. The first-order chi connectivity index (χ1) is 14.2. The van der Waals surface area contributed by atoms with Gasteiger partial charge in [0.05, 0.1) is 6.61 Å². The van der Waals surface area contributed by atoms with Gasteiger partial charge in [0.15, 0.2) is 6.61 Å². The van der Waals surface area contributed by atoms with E-state index in [1.807, 2.05) is 49.4 Å². The Morgan fingerprint density at radius 2 is 1.83 bits per heavy atom. The Bertz CT molecular complexity index is 1160. The lowest BCUT2D eigenvalue weighted by atomic mass is 10.1. The standard InChI is InChI=1S/C21H18N2O5S/c1-14-11-20(24)27-18-12-16(7-8-17(14)18)25-9-10-29-21-23-22-19(28-21)13-26-15-5-3-2-4-6-15/h2-8,11-12H,9-10,13H2,1H3. The van der Waals surface area contributed by atoms with Gasteiger partial charge in [0.2, 0.25) is 0 Å². The molecule has 4 aromatic rings. The van der Waals surface area contributed by atoms with Crippen LogP contribution in [0.4, 0.5) is 0 Å². The Hall–Kier alpha value is -3.26. The molecule has 0 fully saturated rings. The maximum Gasteiger partial charge on any atom is 0.336 e. The summed E-state index contributed by atoms with van der Waals surface area (Å²) in [5, 5.41) is 9.32. The van der Waals surface area contributed by atoms with E-state index < -0.39 is 0 Å². The lowest BCUT2D eigenvalue weighted by molar-refractivity contribution is 0.252. The average molecular weight is 410 g/mol. The maximum absolute atomic E-state index is 11.5. The van der Waals surface area contributed by atoms with E-state index in [4.69, 9.17) is 18.3 Å². The zero-order chi connectivity index (χ0) is 20.1. The van der Waals surface area contributed by atoms with Crippen molar-refractivity contribution in [1.82, 2.24) is 10.2 Å². The van der Waals surface area contributed by atoms with Gasteiger partial charge in [-0.2, -0.15) is 0 Å². The van der Waals surface area contributed by atoms with Gasteiger partial charge in [-0.05, 0) is 36.8 Å². The van der Waals surface area contributed by atoms with Crippen molar-refractivity contribution in [2.75, 3.05) is 12.4 Å². The molecule has 0 unspecified atom stereocenters. The zero-order valence-corrected chi connectivity index (χ0v) is 16.5. The Kier molecular flexibility index (Phi) is 5.81. The van der Waals surface area contributed by atoms with Gasteiger partial charge in [-0.25, -0.2) is 4.79 Å². The number of thioether (sulfide) groups is 1. The van der Waals surface area contributed by atoms with Crippen LogP contribution in [0, 0.1) is 6.92 Å². The lowest BCUT2D eigenvalue weighted by Gasteiger charge is -2.06. The van der Waals surface area contributed by atoms with E-state index in [-0.39, 0.29) is 12.2 Å². The van der Waals surface area contributed by atoms with Crippen LogP contribution in [0.1, 0.15) is 11.5 Å². The summed E-state index contributed by atoms with van der Waals surface area (Å²) in [5.74, 6) is 2.41. The molecule has 2 aromatic carbocycles. The molecule has 29 heavy (non-hydrogen) atoms. The molecule has 0 saturated carbocycles. The van der Waals surface area contributed by atoms with Crippen LogP contribution in [0.5, 0.6) is 11.5 Å². The number of ether oxygens (including phenoxy) is 2. The van der Waals surface area contributed by atoms with Gasteiger partial charge >= 0.3 is 5.63 Å². The summed E-state index contributed by atoms with van der Waals surface area (Å²) in [4.78, 5) is 11.5. The van der Waals surface area contributed by atoms with Gasteiger partial charge in [-0.1, -0.05) is 30.0 Å². The van der Waals surface area contributed by atoms with Crippen molar-refractivity contribution in [3.63, 3.8) is 0 Å². The summed E-state index contributed by atoms with van der Waals surface area (Å²) in [7, 11) is 0. The molecule has 0 aliphatic heterocycles. The van der Waals surface area contributed by atoms with Gasteiger partial charge in [-0.15, -0.1) is 10.2 Å². The molecular formula is C21H18N2O5S. The number of benzene rings is 2. The molecule has 7 nitrogen and oxygen atoms in total. The third kappa shape index (κ3) is 4.97. The van der Waals surface area contributed by atoms with Crippen LogP contribution in [-0.4, -0.2) is 22.6 Å². The molecular weight excluding hydrogens is 392 g/mol. The largest absolute Gasteiger partial charge is 0.493 e. The highest BCUT2D eigenvalue weighted by Crippen LogP contribution is 2.23. The van der Waals surface area contributed by atoms with Crippen LogP contribution < -0.4 is 15.1 Å². The van der Waals surface area contributed by atoms with Crippen LogP contribution >= 0.6 is 11.8 Å². The van der Waals surface area contributed by atoms with Crippen LogP contribution in [0.25, 0.3) is 11.0 Å². The Morgan fingerprint density at radius 1 is 0.966 bits per heavy atom. The minimum Gasteiger partial charge on any atom is -0.493 e. The van der Waals surface area contributed by atoms with Gasteiger partial charge in [0.25, 0.3) is 11.1 Å². The van der Waals surface area contributed by atoms with E-state index in [1.165, 1.54) is 17.8 Å². The molecule has 0 N–H and O–H groups in total. The predicted octanol–water partition coefficient (Wildman–Crippen LogP) is 4.23. The minimum absolute atomic E-state index is 0.218.